The Hall–Kier alpha value is -1.75. The number of thiocarbonyl (C=S) groups is 1. The predicted octanol–water partition coefficient (Wildman–Crippen LogP) is 2.26. The maximum absolute atomic E-state index is 13.2. The second-order valence-corrected chi connectivity index (χ2v) is 4.30. The summed E-state index contributed by atoms with van der Waals surface area (Å²) in [7, 11) is 0. The van der Waals surface area contributed by atoms with E-state index in [0.717, 1.165) is 11.4 Å². The first-order valence-corrected chi connectivity index (χ1v) is 5.53. The van der Waals surface area contributed by atoms with E-state index in [-0.39, 0.29) is 10.8 Å². The van der Waals surface area contributed by atoms with Crippen LogP contribution in [0.2, 0.25) is 0 Å². The zero-order valence-electron chi connectivity index (χ0n) is 9.57. The summed E-state index contributed by atoms with van der Waals surface area (Å²) in [5, 5.41) is 4.33. The molecule has 17 heavy (non-hydrogen) atoms. The third kappa shape index (κ3) is 2.19. The summed E-state index contributed by atoms with van der Waals surface area (Å²) in [5.74, 6) is -0.363. The number of hydrogen-bond donors (Lipinski definition) is 1. The van der Waals surface area contributed by atoms with Gasteiger partial charge in [-0.15, -0.1) is 0 Å². The van der Waals surface area contributed by atoms with Gasteiger partial charge in [-0.2, -0.15) is 5.10 Å². The van der Waals surface area contributed by atoms with Gasteiger partial charge in [0.2, 0.25) is 0 Å². The van der Waals surface area contributed by atoms with Crippen LogP contribution in [-0.2, 0) is 0 Å². The summed E-state index contributed by atoms with van der Waals surface area (Å²) in [6.45, 7) is 3.82. The molecule has 1 heterocycles. The smallest absolute Gasteiger partial charge is 0.124 e. The van der Waals surface area contributed by atoms with E-state index in [9.17, 15) is 4.39 Å². The highest BCUT2D eigenvalue weighted by Crippen LogP contribution is 2.18. The number of nitrogens with zero attached hydrogens (tertiary/aromatic N) is 2. The molecule has 2 rings (SSSR count). The normalized spacial score (nSPS) is 10.5. The highest BCUT2D eigenvalue weighted by atomic mass is 32.1. The van der Waals surface area contributed by atoms with Crippen molar-refractivity contribution in [1.29, 1.82) is 0 Å². The van der Waals surface area contributed by atoms with Gasteiger partial charge < -0.3 is 5.73 Å². The van der Waals surface area contributed by atoms with E-state index in [2.05, 4.69) is 5.10 Å². The van der Waals surface area contributed by atoms with Crippen LogP contribution in [0.25, 0.3) is 5.69 Å². The first kappa shape index (κ1) is 11.7. The van der Waals surface area contributed by atoms with Crippen LogP contribution in [0.5, 0.6) is 0 Å². The molecule has 88 valence electrons. The summed E-state index contributed by atoms with van der Waals surface area (Å²) < 4.78 is 14.9. The lowest BCUT2D eigenvalue weighted by Gasteiger charge is -2.10. The Balaban J connectivity index is 2.67. The minimum atomic E-state index is -0.363. The minimum absolute atomic E-state index is 0.159. The molecule has 1 aromatic heterocycles. The Kier molecular flexibility index (Phi) is 2.93. The van der Waals surface area contributed by atoms with Crippen molar-refractivity contribution in [2.75, 3.05) is 0 Å². The van der Waals surface area contributed by atoms with Gasteiger partial charge >= 0.3 is 0 Å². The van der Waals surface area contributed by atoms with Gasteiger partial charge in [-0.05, 0) is 38.1 Å². The molecule has 0 unspecified atom stereocenters. The second-order valence-electron chi connectivity index (χ2n) is 3.86. The second kappa shape index (κ2) is 4.25. The van der Waals surface area contributed by atoms with Crippen LogP contribution >= 0.6 is 12.2 Å². The maximum Gasteiger partial charge on any atom is 0.124 e. The molecule has 0 fully saturated rings. The van der Waals surface area contributed by atoms with E-state index in [1.165, 1.54) is 12.1 Å². The molecule has 0 bridgehead atoms. The molecule has 0 saturated heterocycles. The molecular formula is C12H12FN3S. The predicted molar refractivity (Wildman–Crippen MR) is 68.9 cm³/mol. The standard InChI is InChI=1S/C12H12FN3S/c1-7-5-8(2)16(15-7)11-4-3-9(13)6-10(11)12(14)17/h3-6H,1-2H3,(H2,14,17). The topological polar surface area (TPSA) is 43.8 Å². The van der Waals surface area contributed by atoms with Crippen molar-refractivity contribution >= 4 is 17.2 Å². The van der Waals surface area contributed by atoms with E-state index in [1.54, 1.807) is 10.7 Å². The lowest BCUT2D eigenvalue weighted by Crippen LogP contribution is -2.15. The molecule has 0 aliphatic heterocycles. The van der Waals surface area contributed by atoms with Gasteiger partial charge in [0.1, 0.15) is 10.8 Å². The van der Waals surface area contributed by atoms with Crippen LogP contribution in [0, 0.1) is 19.7 Å². The molecule has 0 aliphatic carbocycles. The largest absolute Gasteiger partial charge is 0.389 e. The van der Waals surface area contributed by atoms with E-state index in [0.29, 0.717) is 11.3 Å². The van der Waals surface area contributed by atoms with Crippen molar-refractivity contribution in [3.05, 3.63) is 47.0 Å². The third-order valence-corrected chi connectivity index (χ3v) is 2.68. The highest BCUT2D eigenvalue weighted by molar-refractivity contribution is 7.80. The SMILES string of the molecule is Cc1cc(C)n(-c2ccc(F)cc2C(N)=S)n1. The Bertz CT molecular complexity index is 589. The van der Waals surface area contributed by atoms with Crippen LogP contribution < -0.4 is 5.73 Å². The molecule has 1 aromatic carbocycles. The highest BCUT2D eigenvalue weighted by Gasteiger charge is 2.11. The van der Waals surface area contributed by atoms with E-state index in [1.807, 2.05) is 19.9 Å². The number of benzene rings is 1. The monoisotopic (exact) mass is 249 g/mol. The number of rotatable bonds is 2. The van der Waals surface area contributed by atoms with Crippen LogP contribution in [0.4, 0.5) is 4.39 Å². The zero-order chi connectivity index (χ0) is 12.6. The van der Waals surface area contributed by atoms with Gasteiger partial charge in [0.05, 0.1) is 11.4 Å². The van der Waals surface area contributed by atoms with Gasteiger partial charge in [0, 0.05) is 11.3 Å². The quantitative estimate of drug-likeness (QED) is 0.830. The zero-order valence-corrected chi connectivity index (χ0v) is 10.4. The van der Waals surface area contributed by atoms with Crippen LogP contribution in [0.15, 0.2) is 24.3 Å². The molecular weight excluding hydrogens is 237 g/mol. The van der Waals surface area contributed by atoms with Crippen molar-refractivity contribution in [3.63, 3.8) is 0 Å². The molecule has 2 N–H and O–H groups in total. The van der Waals surface area contributed by atoms with E-state index in [4.69, 9.17) is 18.0 Å². The van der Waals surface area contributed by atoms with Crippen molar-refractivity contribution in [1.82, 2.24) is 9.78 Å². The van der Waals surface area contributed by atoms with Gasteiger partial charge in [0.25, 0.3) is 0 Å². The molecule has 0 saturated carbocycles. The lowest BCUT2D eigenvalue weighted by molar-refractivity contribution is 0.626. The Morgan fingerprint density at radius 3 is 2.59 bits per heavy atom. The number of hydrogen-bond acceptors (Lipinski definition) is 2. The Morgan fingerprint density at radius 1 is 1.35 bits per heavy atom. The Morgan fingerprint density at radius 2 is 2.06 bits per heavy atom. The van der Waals surface area contributed by atoms with Gasteiger partial charge in [-0.1, -0.05) is 12.2 Å². The molecule has 2 aromatic rings. The summed E-state index contributed by atoms with van der Waals surface area (Å²) in [5.41, 5.74) is 8.63. The minimum Gasteiger partial charge on any atom is -0.389 e. The van der Waals surface area contributed by atoms with Crippen LogP contribution in [-0.4, -0.2) is 14.8 Å². The number of nitrogens with two attached hydrogens (primary N) is 1. The van der Waals surface area contributed by atoms with Crippen molar-refractivity contribution in [2.45, 2.75) is 13.8 Å². The average molecular weight is 249 g/mol. The van der Waals surface area contributed by atoms with Crippen LogP contribution in [0.3, 0.4) is 0 Å². The molecule has 0 aliphatic rings. The molecule has 0 spiro atoms. The number of aryl methyl sites for hydroxylation is 2. The molecule has 0 radical (unpaired) electrons. The van der Waals surface area contributed by atoms with Crippen molar-refractivity contribution in [3.8, 4) is 5.69 Å². The van der Waals surface area contributed by atoms with Crippen LogP contribution in [0.1, 0.15) is 17.0 Å². The van der Waals surface area contributed by atoms with Gasteiger partial charge in [0.15, 0.2) is 0 Å². The molecule has 0 amide bonds. The summed E-state index contributed by atoms with van der Waals surface area (Å²) in [4.78, 5) is 0.159. The fourth-order valence-corrected chi connectivity index (χ4v) is 1.93. The van der Waals surface area contributed by atoms with E-state index >= 15 is 0 Å². The molecule has 3 nitrogen and oxygen atoms in total. The Labute approximate surface area is 104 Å². The average Bonchev–Trinajstić information content (AvgIpc) is 2.57. The first-order chi connectivity index (χ1) is 7.99. The molecule has 0 atom stereocenters. The summed E-state index contributed by atoms with van der Waals surface area (Å²) in [6, 6.07) is 6.26. The lowest BCUT2D eigenvalue weighted by atomic mass is 10.1. The maximum atomic E-state index is 13.2. The number of aromatic nitrogens is 2. The first-order valence-electron chi connectivity index (χ1n) is 5.12. The fourth-order valence-electron chi connectivity index (χ4n) is 1.76. The summed E-state index contributed by atoms with van der Waals surface area (Å²) in [6.07, 6.45) is 0. The summed E-state index contributed by atoms with van der Waals surface area (Å²) >= 11 is 4.93. The molecule has 5 heteroatoms. The van der Waals surface area contributed by atoms with E-state index < -0.39 is 0 Å². The third-order valence-electron chi connectivity index (χ3n) is 2.46. The van der Waals surface area contributed by atoms with Crippen molar-refractivity contribution < 1.29 is 4.39 Å². The van der Waals surface area contributed by atoms with Gasteiger partial charge in [-0.3, -0.25) is 0 Å². The van der Waals surface area contributed by atoms with Crippen molar-refractivity contribution in [2.24, 2.45) is 5.73 Å². The fraction of sp³-hybridized carbons (Fsp3) is 0.167. The van der Waals surface area contributed by atoms with Gasteiger partial charge in [-0.25, -0.2) is 9.07 Å². The number of halogens is 1.